The number of anilines is 1. The maximum Gasteiger partial charge on any atom is 0.364 e. The Morgan fingerprint density at radius 3 is 3.05 bits per heavy atom. The first kappa shape index (κ1) is 12.8. The number of nitrogens with zero attached hydrogens (tertiary/aromatic N) is 4. The van der Waals surface area contributed by atoms with E-state index in [1.165, 1.54) is 36.6 Å². The van der Waals surface area contributed by atoms with Crippen LogP contribution in [0.3, 0.4) is 0 Å². The van der Waals surface area contributed by atoms with Crippen molar-refractivity contribution in [2.45, 2.75) is 44.2 Å². The van der Waals surface area contributed by atoms with E-state index in [1.807, 2.05) is 12.1 Å². The summed E-state index contributed by atoms with van der Waals surface area (Å²) in [5.74, 6) is 0.869. The largest absolute Gasteiger partial charge is 0.364 e. The lowest BCUT2D eigenvalue weighted by Crippen LogP contribution is -2.46. The molecule has 7 nitrogen and oxygen atoms in total. The molecule has 0 radical (unpaired) electrons. The Morgan fingerprint density at radius 1 is 1.29 bits per heavy atom. The van der Waals surface area contributed by atoms with E-state index >= 15 is 0 Å². The van der Waals surface area contributed by atoms with E-state index in [2.05, 4.69) is 25.5 Å². The summed E-state index contributed by atoms with van der Waals surface area (Å²) in [6.45, 7) is 2.01. The minimum atomic E-state index is -0.281. The predicted molar refractivity (Wildman–Crippen MR) is 79.6 cm³/mol. The van der Waals surface area contributed by atoms with Crippen molar-refractivity contribution in [1.29, 1.82) is 0 Å². The lowest BCUT2D eigenvalue weighted by atomic mass is 10.0. The van der Waals surface area contributed by atoms with Gasteiger partial charge in [-0.2, -0.15) is 9.61 Å². The van der Waals surface area contributed by atoms with Crippen LogP contribution in [0, 0.1) is 0 Å². The highest BCUT2D eigenvalue weighted by Crippen LogP contribution is 2.24. The second-order valence-electron chi connectivity index (χ2n) is 6.02. The van der Waals surface area contributed by atoms with Crippen LogP contribution in [0.1, 0.15) is 32.1 Å². The topological polar surface area (TPSA) is 78.3 Å². The molecular weight excluding hydrogens is 268 g/mol. The van der Waals surface area contributed by atoms with Crippen LogP contribution in [0.15, 0.2) is 16.9 Å². The van der Waals surface area contributed by atoms with Crippen LogP contribution in [-0.2, 0) is 0 Å². The number of hydrogen-bond donors (Lipinski definition) is 2. The Kier molecular flexibility index (Phi) is 3.14. The number of H-pyrrole nitrogens is 1. The normalized spacial score (nSPS) is 22.9. The fourth-order valence-electron chi connectivity index (χ4n) is 3.05. The summed E-state index contributed by atoms with van der Waals surface area (Å²) < 4.78 is 1.34. The second kappa shape index (κ2) is 5.14. The quantitative estimate of drug-likeness (QED) is 0.858. The zero-order valence-electron chi connectivity index (χ0n) is 12.0. The lowest BCUT2D eigenvalue weighted by molar-refractivity contribution is 0.430. The summed E-state index contributed by atoms with van der Waals surface area (Å²) in [5.41, 5.74) is 0.282. The summed E-state index contributed by atoms with van der Waals surface area (Å²) >= 11 is 0. The molecule has 1 saturated heterocycles. The van der Waals surface area contributed by atoms with Gasteiger partial charge in [0.25, 0.3) is 0 Å². The first-order chi connectivity index (χ1) is 10.3. The van der Waals surface area contributed by atoms with Gasteiger partial charge in [0.1, 0.15) is 5.82 Å². The molecule has 2 aromatic heterocycles. The molecule has 1 saturated carbocycles. The number of aromatic nitrogens is 4. The third kappa shape index (κ3) is 2.53. The third-order valence-corrected chi connectivity index (χ3v) is 4.40. The van der Waals surface area contributed by atoms with Gasteiger partial charge in [-0.1, -0.05) is 0 Å². The zero-order chi connectivity index (χ0) is 14.2. The van der Waals surface area contributed by atoms with Gasteiger partial charge in [-0.25, -0.2) is 9.89 Å². The second-order valence-corrected chi connectivity index (χ2v) is 6.02. The molecule has 0 aromatic carbocycles. The van der Waals surface area contributed by atoms with Crippen molar-refractivity contribution < 1.29 is 0 Å². The van der Waals surface area contributed by atoms with Crippen LogP contribution in [0.5, 0.6) is 0 Å². The van der Waals surface area contributed by atoms with Gasteiger partial charge in [0, 0.05) is 25.2 Å². The van der Waals surface area contributed by atoms with Crippen molar-refractivity contribution in [1.82, 2.24) is 25.1 Å². The number of rotatable bonds is 4. The Hall–Kier alpha value is -1.89. The fourth-order valence-corrected chi connectivity index (χ4v) is 3.05. The summed E-state index contributed by atoms with van der Waals surface area (Å²) in [4.78, 5) is 14.0. The number of fused-ring (bicyclic) bond motifs is 1. The standard InChI is InChI=1S/C14H20N6O/c21-14-17-16-12-6-7-13(18-20(12)14)19-8-2-1-3-11(19)9-15-10-4-5-10/h6-7,10-11,15H,1-5,8-9H2,(H,17,21). The molecule has 2 aromatic rings. The van der Waals surface area contributed by atoms with Crippen LogP contribution in [-0.4, -0.2) is 45.0 Å². The molecule has 1 unspecified atom stereocenters. The maximum atomic E-state index is 11.7. The molecule has 0 amide bonds. The Morgan fingerprint density at radius 2 is 2.19 bits per heavy atom. The van der Waals surface area contributed by atoms with Gasteiger partial charge in [-0.15, -0.1) is 5.10 Å². The zero-order valence-corrected chi connectivity index (χ0v) is 12.0. The molecule has 0 spiro atoms. The maximum absolute atomic E-state index is 11.7. The monoisotopic (exact) mass is 288 g/mol. The average molecular weight is 288 g/mol. The number of aromatic amines is 1. The highest BCUT2D eigenvalue weighted by molar-refractivity contribution is 5.46. The van der Waals surface area contributed by atoms with Crippen LogP contribution in [0.4, 0.5) is 5.82 Å². The van der Waals surface area contributed by atoms with Gasteiger partial charge < -0.3 is 10.2 Å². The fraction of sp³-hybridized carbons (Fsp3) is 0.643. The van der Waals surface area contributed by atoms with E-state index < -0.39 is 0 Å². The van der Waals surface area contributed by atoms with Gasteiger partial charge in [0.05, 0.1) is 0 Å². The third-order valence-electron chi connectivity index (χ3n) is 4.40. The molecule has 4 rings (SSSR count). The molecule has 1 aliphatic carbocycles. The Bertz CT molecular complexity index is 688. The highest BCUT2D eigenvalue weighted by Gasteiger charge is 2.27. The van der Waals surface area contributed by atoms with Crippen LogP contribution < -0.4 is 15.9 Å². The van der Waals surface area contributed by atoms with Gasteiger partial charge in [0.2, 0.25) is 0 Å². The van der Waals surface area contributed by atoms with E-state index in [0.29, 0.717) is 11.7 Å². The first-order valence-electron chi connectivity index (χ1n) is 7.76. The number of piperidine rings is 1. The minimum Gasteiger partial charge on any atom is -0.351 e. The van der Waals surface area contributed by atoms with Crippen LogP contribution >= 0.6 is 0 Å². The molecule has 2 aliphatic rings. The lowest BCUT2D eigenvalue weighted by Gasteiger charge is -2.36. The molecule has 21 heavy (non-hydrogen) atoms. The molecule has 0 bridgehead atoms. The summed E-state index contributed by atoms with van der Waals surface area (Å²) in [6.07, 6.45) is 6.24. The van der Waals surface area contributed by atoms with E-state index in [1.54, 1.807) is 0 Å². The summed E-state index contributed by atoms with van der Waals surface area (Å²) in [7, 11) is 0. The molecule has 1 atom stereocenters. The summed E-state index contributed by atoms with van der Waals surface area (Å²) in [6, 6.07) is 5.00. The van der Waals surface area contributed by atoms with E-state index in [9.17, 15) is 4.79 Å². The smallest absolute Gasteiger partial charge is 0.351 e. The van der Waals surface area contributed by atoms with E-state index in [-0.39, 0.29) is 5.69 Å². The molecule has 7 heteroatoms. The van der Waals surface area contributed by atoms with Crippen molar-refractivity contribution in [3.8, 4) is 0 Å². The molecule has 112 valence electrons. The van der Waals surface area contributed by atoms with Gasteiger partial charge in [-0.3, -0.25) is 0 Å². The predicted octanol–water partition coefficient (Wildman–Crippen LogP) is 0.528. The van der Waals surface area contributed by atoms with Crippen molar-refractivity contribution in [2.75, 3.05) is 18.0 Å². The van der Waals surface area contributed by atoms with Crippen molar-refractivity contribution in [2.24, 2.45) is 0 Å². The van der Waals surface area contributed by atoms with Crippen molar-refractivity contribution in [3.05, 3.63) is 22.6 Å². The van der Waals surface area contributed by atoms with Crippen molar-refractivity contribution in [3.63, 3.8) is 0 Å². The first-order valence-corrected chi connectivity index (χ1v) is 7.76. The summed E-state index contributed by atoms with van der Waals surface area (Å²) in [5, 5.41) is 14.4. The minimum absolute atomic E-state index is 0.281. The number of nitrogens with one attached hydrogen (secondary N) is 2. The van der Waals surface area contributed by atoms with Gasteiger partial charge >= 0.3 is 5.69 Å². The van der Waals surface area contributed by atoms with Crippen molar-refractivity contribution >= 4 is 11.5 Å². The molecule has 1 aliphatic heterocycles. The number of hydrogen-bond acceptors (Lipinski definition) is 5. The molecule has 2 fully saturated rings. The van der Waals surface area contributed by atoms with E-state index in [0.717, 1.165) is 24.9 Å². The van der Waals surface area contributed by atoms with Crippen LogP contribution in [0.2, 0.25) is 0 Å². The highest BCUT2D eigenvalue weighted by atomic mass is 16.2. The molecular formula is C14H20N6O. The van der Waals surface area contributed by atoms with Gasteiger partial charge in [-0.05, 0) is 44.2 Å². The average Bonchev–Trinajstić information content (AvgIpc) is 3.29. The Labute approximate surface area is 122 Å². The Balaban J connectivity index is 1.60. The molecule has 2 N–H and O–H groups in total. The SMILES string of the molecule is O=c1[nH]nc2ccc(N3CCCCC3CNC3CC3)nn12. The van der Waals surface area contributed by atoms with Crippen LogP contribution in [0.25, 0.3) is 5.65 Å². The van der Waals surface area contributed by atoms with Gasteiger partial charge in [0.15, 0.2) is 5.65 Å². The molecule has 3 heterocycles. The van der Waals surface area contributed by atoms with E-state index in [4.69, 9.17) is 0 Å².